The van der Waals surface area contributed by atoms with Crippen LogP contribution in [0.5, 0.6) is 5.75 Å². The smallest absolute Gasteiger partial charge is 0.161 e. The van der Waals surface area contributed by atoms with Crippen LogP contribution in [0.3, 0.4) is 0 Å². The second-order valence-corrected chi connectivity index (χ2v) is 5.11. The molecule has 0 aliphatic carbocycles. The van der Waals surface area contributed by atoms with Crippen molar-refractivity contribution < 1.29 is 4.74 Å². The van der Waals surface area contributed by atoms with Crippen LogP contribution >= 0.6 is 0 Å². The monoisotopic (exact) mass is 270 g/mol. The molecule has 0 radical (unpaired) electrons. The zero-order valence-electron chi connectivity index (χ0n) is 12.6. The zero-order valence-corrected chi connectivity index (χ0v) is 12.6. The second-order valence-electron chi connectivity index (χ2n) is 5.11. The second kappa shape index (κ2) is 7.44. The standard InChI is InChI=1S/C12H26N6O/c1-16(2)6-7-18-12(11(19-5)8-14-18)10(15-13)9-17(3)4/h8,10,15H,6-7,9,13H2,1-5H3. The zero-order chi connectivity index (χ0) is 14.4. The molecule has 1 rings (SSSR count). The van der Waals surface area contributed by atoms with Crippen LogP contribution in [-0.2, 0) is 6.54 Å². The van der Waals surface area contributed by atoms with E-state index in [0.717, 1.165) is 31.1 Å². The van der Waals surface area contributed by atoms with Crippen LogP contribution in [0.25, 0.3) is 0 Å². The summed E-state index contributed by atoms with van der Waals surface area (Å²) < 4.78 is 7.34. The third-order valence-corrected chi connectivity index (χ3v) is 2.90. The molecule has 7 heteroatoms. The average molecular weight is 270 g/mol. The highest BCUT2D eigenvalue weighted by molar-refractivity contribution is 5.28. The minimum Gasteiger partial charge on any atom is -0.493 e. The summed E-state index contributed by atoms with van der Waals surface area (Å²) in [6.07, 6.45) is 1.74. The summed E-state index contributed by atoms with van der Waals surface area (Å²) in [5.41, 5.74) is 3.83. The Hall–Kier alpha value is -1.15. The van der Waals surface area contributed by atoms with Gasteiger partial charge in [0.2, 0.25) is 0 Å². The topological polar surface area (TPSA) is 71.6 Å². The molecule has 7 nitrogen and oxygen atoms in total. The van der Waals surface area contributed by atoms with E-state index in [9.17, 15) is 0 Å². The molecule has 19 heavy (non-hydrogen) atoms. The Bertz CT molecular complexity index is 376. The summed E-state index contributed by atoms with van der Waals surface area (Å²) in [6.45, 7) is 2.49. The van der Waals surface area contributed by atoms with Crippen LogP contribution in [0, 0.1) is 0 Å². The molecule has 0 aliphatic heterocycles. The summed E-state index contributed by atoms with van der Waals surface area (Å²) in [5.74, 6) is 6.44. The van der Waals surface area contributed by atoms with Crippen LogP contribution in [0.15, 0.2) is 6.20 Å². The van der Waals surface area contributed by atoms with E-state index in [-0.39, 0.29) is 6.04 Å². The molecule has 0 saturated heterocycles. The lowest BCUT2D eigenvalue weighted by Gasteiger charge is -2.22. The normalized spacial score (nSPS) is 13.3. The molecule has 3 N–H and O–H groups in total. The Balaban J connectivity index is 2.95. The van der Waals surface area contributed by atoms with Gasteiger partial charge < -0.3 is 14.5 Å². The minimum atomic E-state index is -0.0189. The molecule has 1 atom stereocenters. The van der Waals surface area contributed by atoms with E-state index in [1.165, 1.54) is 0 Å². The maximum absolute atomic E-state index is 5.68. The summed E-state index contributed by atoms with van der Waals surface area (Å²) in [6, 6.07) is -0.0189. The number of methoxy groups -OCH3 is 1. The Morgan fingerprint density at radius 3 is 2.53 bits per heavy atom. The summed E-state index contributed by atoms with van der Waals surface area (Å²) >= 11 is 0. The molecule has 1 aromatic heterocycles. The third-order valence-electron chi connectivity index (χ3n) is 2.90. The molecule has 1 aromatic rings. The molecular weight excluding hydrogens is 244 g/mol. The highest BCUT2D eigenvalue weighted by Crippen LogP contribution is 2.24. The summed E-state index contributed by atoms with van der Waals surface area (Å²) in [5, 5.41) is 4.39. The van der Waals surface area contributed by atoms with Crippen molar-refractivity contribution >= 4 is 0 Å². The van der Waals surface area contributed by atoms with Gasteiger partial charge in [0.05, 0.1) is 31.6 Å². The van der Waals surface area contributed by atoms with Crippen molar-refractivity contribution in [3.8, 4) is 5.75 Å². The minimum absolute atomic E-state index is 0.0189. The van der Waals surface area contributed by atoms with Crippen molar-refractivity contribution in [3.05, 3.63) is 11.9 Å². The molecule has 0 amide bonds. The number of aromatic nitrogens is 2. The van der Waals surface area contributed by atoms with Crippen molar-refractivity contribution in [1.29, 1.82) is 0 Å². The molecule has 110 valence electrons. The number of ether oxygens (including phenoxy) is 1. The lowest BCUT2D eigenvalue weighted by atomic mass is 10.2. The molecule has 1 heterocycles. The van der Waals surface area contributed by atoms with Crippen molar-refractivity contribution in [3.63, 3.8) is 0 Å². The first-order valence-electron chi connectivity index (χ1n) is 6.34. The van der Waals surface area contributed by atoms with Gasteiger partial charge in [-0.05, 0) is 28.2 Å². The van der Waals surface area contributed by atoms with Gasteiger partial charge in [0.25, 0.3) is 0 Å². The van der Waals surface area contributed by atoms with Gasteiger partial charge in [0, 0.05) is 13.1 Å². The maximum atomic E-state index is 5.68. The number of nitrogens with zero attached hydrogens (tertiary/aromatic N) is 4. The predicted molar refractivity (Wildman–Crippen MR) is 76.0 cm³/mol. The molecule has 0 spiro atoms. The van der Waals surface area contributed by atoms with Gasteiger partial charge in [0.1, 0.15) is 0 Å². The lowest BCUT2D eigenvalue weighted by molar-refractivity contribution is 0.312. The molecule has 0 aliphatic rings. The van der Waals surface area contributed by atoms with Gasteiger partial charge in [-0.2, -0.15) is 5.10 Å². The van der Waals surface area contributed by atoms with Crippen LogP contribution in [0.1, 0.15) is 11.7 Å². The lowest BCUT2D eigenvalue weighted by Crippen LogP contribution is -2.37. The van der Waals surface area contributed by atoms with E-state index < -0.39 is 0 Å². The summed E-state index contributed by atoms with van der Waals surface area (Å²) in [7, 11) is 9.76. The first-order chi connectivity index (χ1) is 8.99. The Labute approximate surface area is 115 Å². The van der Waals surface area contributed by atoms with Crippen LogP contribution in [-0.4, -0.2) is 68.0 Å². The quantitative estimate of drug-likeness (QED) is 0.491. The number of nitrogens with one attached hydrogen (secondary N) is 1. The molecule has 1 unspecified atom stereocenters. The number of hydrogen-bond acceptors (Lipinski definition) is 6. The number of rotatable bonds is 8. The highest BCUT2D eigenvalue weighted by Gasteiger charge is 2.21. The first-order valence-corrected chi connectivity index (χ1v) is 6.34. The van der Waals surface area contributed by atoms with Crippen molar-refractivity contribution in [2.24, 2.45) is 5.84 Å². The van der Waals surface area contributed by atoms with E-state index in [0.29, 0.717) is 0 Å². The number of likely N-dealkylation sites (N-methyl/N-ethyl adjacent to an activating group) is 2. The molecule has 0 bridgehead atoms. The van der Waals surface area contributed by atoms with Gasteiger partial charge in [-0.25, -0.2) is 5.43 Å². The van der Waals surface area contributed by atoms with Crippen molar-refractivity contribution in [1.82, 2.24) is 25.0 Å². The fraction of sp³-hybridized carbons (Fsp3) is 0.750. The Kier molecular flexibility index (Phi) is 6.23. The van der Waals surface area contributed by atoms with Crippen molar-refractivity contribution in [2.75, 3.05) is 48.4 Å². The fourth-order valence-corrected chi connectivity index (χ4v) is 1.94. The van der Waals surface area contributed by atoms with Gasteiger partial charge >= 0.3 is 0 Å². The molecule has 0 saturated carbocycles. The van der Waals surface area contributed by atoms with Crippen LogP contribution in [0.4, 0.5) is 0 Å². The molecule has 0 fully saturated rings. The van der Waals surface area contributed by atoms with Gasteiger partial charge in [-0.3, -0.25) is 10.5 Å². The van der Waals surface area contributed by atoms with Gasteiger partial charge in [0.15, 0.2) is 5.75 Å². The highest BCUT2D eigenvalue weighted by atomic mass is 16.5. The Morgan fingerprint density at radius 1 is 1.37 bits per heavy atom. The SMILES string of the molecule is COc1cnn(CCN(C)C)c1C(CN(C)C)NN. The maximum Gasteiger partial charge on any atom is 0.161 e. The van der Waals surface area contributed by atoms with E-state index in [1.807, 2.05) is 32.9 Å². The van der Waals surface area contributed by atoms with E-state index in [4.69, 9.17) is 10.6 Å². The summed E-state index contributed by atoms with van der Waals surface area (Å²) in [4.78, 5) is 4.20. The van der Waals surface area contributed by atoms with E-state index in [2.05, 4.69) is 20.3 Å². The van der Waals surface area contributed by atoms with Crippen LogP contribution < -0.4 is 16.0 Å². The number of hydrazine groups is 1. The fourth-order valence-electron chi connectivity index (χ4n) is 1.94. The largest absolute Gasteiger partial charge is 0.493 e. The number of nitrogens with two attached hydrogens (primary N) is 1. The first kappa shape index (κ1) is 15.9. The number of hydrogen-bond donors (Lipinski definition) is 2. The van der Waals surface area contributed by atoms with Gasteiger partial charge in [-0.1, -0.05) is 0 Å². The predicted octanol–water partition coefficient (Wildman–Crippen LogP) is -0.481. The Morgan fingerprint density at radius 2 is 2.05 bits per heavy atom. The van der Waals surface area contributed by atoms with Gasteiger partial charge in [-0.15, -0.1) is 0 Å². The van der Waals surface area contributed by atoms with E-state index >= 15 is 0 Å². The van der Waals surface area contributed by atoms with Crippen molar-refractivity contribution in [2.45, 2.75) is 12.6 Å². The average Bonchev–Trinajstić information content (AvgIpc) is 2.75. The molecule has 0 aromatic carbocycles. The third kappa shape index (κ3) is 4.46. The van der Waals surface area contributed by atoms with E-state index in [1.54, 1.807) is 13.3 Å². The molecular formula is C12H26N6O. The van der Waals surface area contributed by atoms with Crippen LogP contribution in [0.2, 0.25) is 0 Å².